The summed E-state index contributed by atoms with van der Waals surface area (Å²) in [5.41, 5.74) is 1.93. The van der Waals surface area contributed by atoms with Gasteiger partial charge in [0.2, 0.25) is 0 Å². The fraction of sp³-hybridized carbons (Fsp3) is 0.532. The van der Waals surface area contributed by atoms with E-state index in [-0.39, 0.29) is 56.6 Å². The van der Waals surface area contributed by atoms with Gasteiger partial charge in [0.05, 0.1) is 60.3 Å². The molecule has 0 radical (unpaired) electrons. The molecule has 0 bridgehead atoms. The first-order valence-corrected chi connectivity index (χ1v) is 45.0. The van der Waals surface area contributed by atoms with Crippen molar-refractivity contribution in [1.29, 1.82) is 0 Å². The number of unbranched alkanes of at least 4 members (excludes halogenated alkanes) is 36. The topological polar surface area (TPSA) is 168 Å². The number of nitrogens with zero attached hydrogens (tertiary/aromatic N) is 2. The Morgan fingerprint density at radius 2 is 0.562 bits per heavy atom. The summed E-state index contributed by atoms with van der Waals surface area (Å²) in [6, 6.07) is 27.9. The molecule has 0 saturated heterocycles. The maximum atomic E-state index is 15.5. The first kappa shape index (κ1) is 93.2. The molecule has 2 heterocycles. The Labute approximate surface area is 683 Å². The van der Waals surface area contributed by atoms with Gasteiger partial charge in [-0.1, -0.05) is 300 Å². The Kier molecular flexibility index (Phi) is 47.0. The van der Waals surface area contributed by atoms with Gasteiger partial charge in [0.1, 0.15) is 23.0 Å². The number of rotatable bonds is 58. The van der Waals surface area contributed by atoms with Gasteiger partial charge < -0.3 is 37.9 Å². The molecule has 112 heavy (non-hydrogen) atoms. The molecular weight excluding hydrogens is 1620 g/mol. The summed E-state index contributed by atoms with van der Waals surface area (Å²) in [5.74, 6) is -1.55. The van der Waals surface area contributed by atoms with Crippen LogP contribution in [0.25, 0.3) is 22.5 Å². The van der Waals surface area contributed by atoms with Crippen LogP contribution in [0.4, 0.5) is 8.78 Å². The molecule has 0 atom stereocenters. The van der Waals surface area contributed by atoms with Crippen LogP contribution in [0.1, 0.15) is 337 Å². The molecule has 0 fully saturated rings. The van der Waals surface area contributed by atoms with E-state index in [1.54, 1.807) is 43.0 Å². The zero-order valence-electron chi connectivity index (χ0n) is 67.8. The van der Waals surface area contributed by atoms with Crippen molar-refractivity contribution in [3.63, 3.8) is 0 Å². The number of halogens is 3. The number of pyridine rings is 2. The van der Waals surface area contributed by atoms with Crippen molar-refractivity contribution < 1.29 is 84.6 Å². The molecule has 2 aromatic heterocycles. The Morgan fingerprint density at radius 1 is 0.321 bits per heavy atom. The summed E-state index contributed by atoms with van der Waals surface area (Å²) >= 11 is 1.61. The Hall–Kier alpha value is -7.68. The van der Waals surface area contributed by atoms with Crippen LogP contribution in [0.15, 0.2) is 116 Å². The standard InChI is InChI=1S/C94H125F2N2O12.ClH.Pt/c1-7-11-15-19-23-27-31-35-39-43-59-103-87-65-75(63-71(5)89(87)105-61-45-41-37-33-29-25-21-17-13-9-3)93(101)109-79-53-49-77(50-54-79)107-91(99)73-47-57-85(97-69-73)81-67-82(84(96)68-83(81)95)86-58-48-74(70-98-86)92(100)108-78-51-55-80(56-52-78)110-94(102)76-64-72(6)90(106-62-46-42-38-34-30-26-22-18-14-10-4)88(66-76)104-60-44-40-36-32-28-24-20-16-12-8-2;;/h47-58,63-66,68-70H,7-46,59-62H2,1-6H3;1H;/q-1;;+2/p-1. The zero-order valence-corrected chi connectivity index (χ0v) is 70.9. The monoisotopic (exact) mass is 1740 g/mol. The van der Waals surface area contributed by atoms with Crippen LogP contribution < -0.4 is 37.9 Å². The average molecular weight is 1740 g/mol. The van der Waals surface area contributed by atoms with Crippen LogP contribution in [-0.4, -0.2) is 60.3 Å². The molecule has 0 aliphatic rings. The van der Waals surface area contributed by atoms with Gasteiger partial charge in [-0.25, -0.2) is 19.2 Å². The van der Waals surface area contributed by atoms with Gasteiger partial charge in [-0.2, -0.15) is 0 Å². The van der Waals surface area contributed by atoms with Crippen molar-refractivity contribution in [3.8, 4) is 68.5 Å². The number of hydrogen-bond acceptors (Lipinski definition) is 14. The number of ether oxygens (including phenoxy) is 8. The fourth-order valence-electron chi connectivity index (χ4n) is 13.4. The number of carbonyl (C=O) groups is 4. The summed E-state index contributed by atoms with van der Waals surface area (Å²) in [7, 11) is 4.61. The molecule has 0 amide bonds. The van der Waals surface area contributed by atoms with E-state index in [1.165, 1.54) is 278 Å². The predicted molar refractivity (Wildman–Crippen MR) is 442 cm³/mol. The van der Waals surface area contributed by atoms with Crippen LogP contribution in [-0.2, 0) is 18.8 Å². The van der Waals surface area contributed by atoms with Crippen LogP contribution in [0.5, 0.6) is 46.0 Å². The molecule has 14 nitrogen and oxygen atoms in total. The molecule has 614 valence electrons. The second-order valence-corrected chi connectivity index (χ2v) is 29.4. The van der Waals surface area contributed by atoms with E-state index >= 15 is 8.78 Å². The number of aromatic nitrogens is 2. The molecule has 0 unspecified atom stereocenters. The Bertz CT molecular complexity index is 3560. The van der Waals surface area contributed by atoms with Crippen LogP contribution in [0.2, 0.25) is 0 Å². The number of esters is 4. The zero-order chi connectivity index (χ0) is 80.2. The number of hydrogen-bond donors (Lipinski definition) is 0. The summed E-state index contributed by atoms with van der Waals surface area (Å²) in [5, 5.41) is 0. The van der Waals surface area contributed by atoms with E-state index in [0.717, 1.165) is 75.3 Å². The third-order valence-corrected chi connectivity index (χ3v) is 19.9. The van der Waals surface area contributed by atoms with E-state index in [2.05, 4.69) is 53.1 Å². The number of carbonyl (C=O) groups excluding carboxylic acids is 4. The second-order valence-electron chi connectivity index (χ2n) is 29.4. The molecule has 0 aliphatic carbocycles. The molecule has 18 heteroatoms. The quantitative estimate of drug-likeness (QED) is 0.0153. The Morgan fingerprint density at radius 3 is 0.812 bits per heavy atom. The van der Waals surface area contributed by atoms with Crippen LogP contribution in [0.3, 0.4) is 0 Å². The summed E-state index contributed by atoms with van der Waals surface area (Å²) in [4.78, 5) is 62.8. The third kappa shape index (κ3) is 35.4. The Balaban J connectivity index is 0.00000970. The van der Waals surface area contributed by atoms with E-state index in [9.17, 15) is 19.2 Å². The van der Waals surface area contributed by atoms with Crippen LogP contribution in [0, 0.1) is 31.5 Å². The first-order chi connectivity index (χ1) is 54.8. The van der Waals surface area contributed by atoms with Gasteiger partial charge >= 0.3 is 52.1 Å². The summed E-state index contributed by atoms with van der Waals surface area (Å²) in [6.07, 6.45) is 51.1. The minimum atomic E-state index is -0.960. The number of aryl methyl sites for hydroxylation is 2. The van der Waals surface area contributed by atoms with E-state index in [1.807, 2.05) is 13.8 Å². The van der Waals surface area contributed by atoms with Gasteiger partial charge in [-0.15, -0.1) is 6.07 Å². The molecule has 0 saturated carbocycles. The summed E-state index contributed by atoms with van der Waals surface area (Å²) in [6.45, 7) is 14.9. The van der Waals surface area contributed by atoms with Gasteiger partial charge in [0.15, 0.2) is 23.0 Å². The first-order valence-electron chi connectivity index (χ1n) is 42.1. The van der Waals surface area contributed by atoms with Gasteiger partial charge in [-0.3, -0.25) is 18.7 Å². The summed E-state index contributed by atoms with van der Waals surface area (Å²) < 4.78 is 79.4. The molecular formula is C94H125ClF2N2O12Pt. The molecule has 5 aromatic carbocycles. The minimum absolute atomic E-state index is 0.0366. The molecule has 7 aromatic rings. The molecule has 0 spiro atoms. The predicted octanol–water partition coefficient (Wildman–Crippen LogP) is 27.3. The van der Waals surface area contributed by atoms with Crippen molar-refractivity contribution in [2.24, 2.45) is 0 Å². The van der Waals surface area contributed by atoms with Crippen molar-refractivity contribution in [3.05, 3.63) is 167 Å². The van der Waals surface area contributed by atoms with Crippen LogP contribution >= 0.6 is 9.42 Å². The number of benzene rings is 5. The SMILES string of the molecule is CCCCCCCCCCCCOc1cc(C(=O)Oc2ccc(OC(=O)c3ccc(-c4[c-]c(-c5ccc(C(=O)Oc6ccc(OC(=O)c7cc(C)c(OCCCCCCCCCCCC)c(OCCCCCCCCCCCC)c7)cc6)cn5)c(F)cc4F)nc3)cc2)cc(C)c1OCCCCCCCCCCCC.[Cl][Pt+]. The fourth-order valence-corrected chi connectivity index (χ4v) is 13.4. The van der Waals surface area contributed by atoms with Gasteiger partial charge in [-0.05, 0) is 123 Å². The van der Waals surface area contributed by atoms with Crippen molar-refractivity contribution >= 4 is 33.3 Å². The second kappa shape index (κ2) is 56.5. The van der Waals surface area contributed by atoms with Crippen molar-refractivity contribution in [1.82, 2.24) is 9.97 Å². The van der Waals surface area contributed by atoms with E-state index in [0.29, 0.717) is 66.6 Å². The molecule has 7 rings (SSSR count). The van der Waals surface area contributed by atoms with Gasteiger partial charge in [0.25, 0.3) is 0 Å². The van der Waals surface area contributed by atoms with E-state index < -0.39 is 35.5 Å². The van der Waals surface area contributed by atoms with Crippen molar-refractivity contribution in [2.45, 2.75) is 298 Å². The van der Waals surface area contributed by atoms with E-state index in [4.69, 9.17) is 37.9 Å². The average Bonchev–Trinajstić information content (AvgIpc) is 0.774. The van der Waals surface area contributed by atoms with Crippen molar-refractivity contribution in [2.75, 3.05) is 26.4 Å². The van der Waals surface area contributed by atoms with Gasteiger partial charge in [0, 0.05) is 23.8 Å². The normalized spacial score (nSPS) is 11.1. The maximum absolute atomic E-state index is 15.5. The third-order valence-electron chi connectivity index (χ3n) is 19.9. The molecule has 0 aliphatic heterocycles. The molecule has 0 N–H and O–H groups in total.